The van der Waals surface area contributed by atoms with Gasteiger partial charge >= 0.3 is 0 Å². The van der Waals surface area contributed by atoms with Crippen molar-refractivity contribution in [2.45, 2.75) is 20.4 Å². The lowest BCUT2D eigenvalue weighted by Crippen LogP contribution is -2.02. The number of aryl methyl sites for hydroxylation is 2. The van der Waals surface area contributed by atoms with Gasteiger partial charge in [-0.05, 0) is 24.8 Å². The Balaban J connectivity index is 1.86. The average molecular weight is 276 g/mol. The lowest BCUT2D eigenvalue weighted by molar-refractivity contribution is 1.04. The zero-order chi connectivity index (χ0) is 12.5. The number of thiophene rings is 1. The first-order valence-corrected chi connectivity index (χ1v) is 7.33. The number of hydrogen-bond donors (Lipinski definition) is 1. The topological polar surface area (TPSA) is 50.7 Å². The van der Waals surface area contributed by atoms with Crippen molar-refractivity contribution >= 4 is 38.7 Å². The van der Waals surface area contributed by atoms with Crippen molar-refractivity contribution in [3.8, 4) is 0 Å². The van der Waals surface area contributed by atoms with Gasteiger partial charge < -0.3 is 5.32 Å². The van der Waals surface area contributed by atoms with Crippen LogP contribution in [0.3, 0.4) is 0 Å². The second-order valence-corrected chi connectivity index (χ2v) is 5.97. The van der Waals surface area contributed by atoms with E-state index in [1.165, 1.54) is 5.56 Å². The smallest absolute Gasteiger partial charge is 0.147 e. The number of thiazole rings is 1. The summed E-state index contributed by atoms with van der Waals surface area (Å²) in [6, 6.07) is 0. The second-order valence-electron chi connectivity index (χ2n) is 4.03. The zero-order valence-electron chi connectivity index (χ0n) is 10.1. The third-order valence-corrected chi connectivity index (χ3v) is 4.55. The van der Waals surface area contributed by atoms with Gasteiger partial charge in [0.25, 0.3) is 0 Å². The molecule has 0 aliphatic carbocycles. The molecule has 92 valence electrons. The molecule has 0 fully saturated rings. The van der Waals surface area contributed by atoms with Crippen LogP contribution in [-0.4, -0.2) is 15.0 Å². The van der Waals surface area contributed by atoms with Gasteiger partial charge in [0.1, 0.15) is 12.1 Å². The monoisotopic (exact) mass is 276 g/mol. The Hall–Kier alpha value is -1.53. The fourth-order valence-corrected chi connectivity index (χ4v) is 3.34. The fourth-order valence-electron chi connectivity index (χ4n) is 1.76. The van der Waals surface area contributed by atoms with E-state index >= 15 is 0 Å². The predicted molar refractivity (Wildman–Crippen MR) is 76.3 cm³/mol. The molecule has 0 saturated heterocycles. The molecular weight excluding hydrogens is 264 g/mol. The molecule has 6 heteroatoms. The average Bonchev–Trinajstić information content (AvgIpc) is 2.94. The Labute approximate surface area is 113 Å². The van der Waals surface area contributed by atoms with Crippen molar-refractivity contribution < 1.29 is 0 Å². The highest BCUT2D eigenvalue weighted by Gasteiger charge is 2.08. The molecule has 0 aromatic carbocycles. The van der Waals surface area contributed by atoms with E-state index in [-0.39, 0.29) is 0 Å². The quantitative estimate of drug-likeness (QED) is 0.796. The highest BCUT2D eigenvalue weighted by molar-refractivity contribution is 7.18. The number of nitrogens with one attached hydrogen (secondary N) is 1. The van der Waals surface area contributed by atoms with Gasteiger partial charge in [-0.25, -0.2) is 15.0 Å². The molecular formula is C12H12N4S2. The number of nitrogens with zero attached hydrogens (tertiary/aromatic N) is 3. The molecule has 0 spiro atoms. The van der Waals surface area contributed by atoms with Crippen molar-refractivity contribution in [2.75, 3.05) is 5.32 Å². The molecule has 1 N–H and O–H groups in total. The van der Waals surface area contributed by atoms with Gasteiger partial charge in [-0.1, -0.05) is 0 Å². The van der Waals surface area contributed by atoms with E-state index < -0.39 is 0 Å². The van der Waals surface area contributed by atoms with Crippen molar-refractivity contribution in [1.82, 2.24) is 15.0 Å². The Bertz CT molecular complexity index is 686. The zero-order valence-corrected chi connectivity index (χ0v) is 11.7. The van der Waals surface area contributed by atoms with Crippen LogP contribution in [0.4, 0.5) is 5.82 Å². The molecule has 0 aliphatic rings. The first-order valence-electron chi connectivity index (χ1n) is 5.57. The molecule has 0 amide bonds. The molecule has 3 aromatic rings. The van der Waals surface area contributed by atoms with Gasteiger partial charge in [0.15, 0.2) is 0 Å². The maximum Gasteiger partial charge on any atom is 0.147 e. The highest BCUT2D eigenvalue weighted by atomic mass is 32.1. The summed E-state index contributed by atoms with van der Waals surface area (Å²) < 4.78 is 1.11. The van der Waals surface area contributed by atoms with E-state index in [2.05, 4.69) is 38.0 Å². The summed E-state index contributed by atoms with van der Waals surface area (Å²) in [6.07, 6.45) is 1.61. The third kappa shape index (κ3) is 2.09. The van der Waals surface area contributed by atoms with E-state index in [9.17, 15) is 0 Å². The number of anilines is 1. The minimum absolute atomic E-state index is 0.702. The summed E-state index contributed by atoms with van der Waals surface area (Å²) in [5.74, 6) is 0.892. The summed E-state index contributed by atoms with van der Waals surface area (Å²) in [7, 11) is 0. The molecule has 0 atom stereocenters. The van der Waals surface area contributed by atoms with E-state index in [4.69, 9.17) is 0 Å². The maximum atomic E-state index is 4.43. The SMILES string of the molecule is Cc1nc(CNc2ncnc3c(C)csc23)cs1. The van der Waals surface area contributed by atoms with Gasteiger partial charge in [-0.15, -0.1) is 22.7 Å². The molecule has 0 saturated carbocycles. The van der Waals surface area contributed by atoms with Crippen LogP contribution < -0.4 is 5.32 Å². The van der Waals surface area contributed by atoms with E-state index in [1.54, 1.807) is 29.0 Å². The Morgan fingerprint density at radius 2 is 2.06 bits per heavy atom. The minimum atomic E-state index is 0.702. The molecule has 4 nitrogen and oxygen atoms in total. The van der Waals surface area contributed by atoms with E-state index in [0.29, 0.717) is 6.54 Å². The number of aromatic nitrogens is 3. The normalized spacial score (nSPS) is 11.0. The Kier molecular flexibility index (Phi) is 2.97. The second kappa shape index (κ2) is 4.62. The van der Waals surface area contributed by atoms with Crippen LogP contribution in [0.5, 0.6) is 0 Å². The minimum Gasteiger partial charge on any atom is -0.363 e. The molecule has 0 bridgehead atoms. The summed E-state index contributed by atoms with van der Waals surface area (Å²) in [4.78, 5) is 13.0. The Morgan fingerprint density at radius 1 is 1.17 bits per heavy atom. The van der Waals surface area contributed by atoms with Gasteiger partial charge in [-0.2, -0.15) is 0 Å². The molecule has 3 rings (SSSR count). The van der Waals surface area contributed by atoms with E-state index in [0.717, 1.165) is 26.7 Å². The largest absolute Gasteiger partial charge is 0.363 e. The lowest BCUT2D eigenvalue weighted by atomic mass is 10.3. The fraction of sp³-hybridized carbons (Fsp3) is 0.250. The van der Waals surface area contributed by atoms with Crippen LogP contribution in [0.25, 0.3) is 10.2 Å². The summed E-state index contributed by atoms with van der Waals surface area (Å²) >= 11 is 3.34. The maximum absolute atomic E-state index is 4.43. The Morgan fingerprint density at radius 3 is 2.83 bits per heavy atom. The lowest BCUT2D eigenvalue weighted by Gasteiger charge is -2.04. The van der Waals surface area contributed by atoms with Crippen LogP contribution in [0, 0.1) is 13.8 Å². The summed E-state index contributed by atoms with van der Waals surface area (Å²) in [6.45, 7) is 4.78. The van der Waals surface area contributed by atoms with Gasteiger partial charge in [0.2, 0.25) is 0 Å². The molecule has 0 radical (unpaired) electrons. The van der Waals surface area contributed by atoms with Crippen molar-refractivity contribution in [3.63, 3.8) is 0 Å². The summed E-state index contributed by atoms with van der Waals surface area (Å²) in [5, 5.41) is 8.60. The third-order valence-electron chi connectivity index (χ3n) is 2.63. The van der Waals surface area contributed by atoms with Crippen LogP contribution >= 0.6 is 22.7 Å². The number of hydrogen-bond acceptors (Lipinski definition) is 6. The standard InChI is InChI=1S/C12H12N4S2/c1-7-4-18-11-10(7)14-6-15-12(11)13-3-9-5-17-8(2)16-9/h4-6H,3H2,1-2H3,(H,13,14,15). The van der Waals surface area contributed by atoms with Crippen molar-refractivity contribution in [3.05, 3.63) is 33.4 Å². The van der Waals surface area contributed by atoms with E-state index in [1.807, 2.05) is 6.92 Å². The first kappa shape index (κ1) is 11.6. The highest BCUT2D eigenvalue weighted by Crippen LogP contribution is 2.28. The molecule has 0 unspecified atom stereocenters. The van der Waals surface area contributed by atoms with Gasteiger partial charge in [0, 0.05) is 5.38 Å². The molecule has 0 aliphatic heterocycles. The molecule has 18 heavy (non-hydrogen) atoms. The van der Waals surface area contributed by atoms with Crippen LogP contribution in [0.15, 0.2) is 17.1 Å². The molecule has 3 heterocycles. The summed E-state index contributed by atoms with van der Waals surface area (Å²) in [5.41, 5.74) is 3.29. The first-order chi connectivity index (χ1) is 8.74. The van der Waals surface area contributed by atoms with Crippen LogP contribution in [-0.2, 0) is 6.54 Å². The van der Waals surface area contributed by atoms with Crippen LogP contribution in [0.2, 0.25) is 0 Å². The molecule has 3 aromatic heterocycles. The van der Waals surface area contributed by atoms with Crippen LogP contribution in [0.1, 0.15) is 16.3 Å². The number of rotatable bonds is 3. The van der Waals surface area contributed by atoms with Crippen molar-refractivity contribution in [1.29, 1.82) is 0 Å². The van der Waals surface area contributed by atoms with Crippen molar-refractivity contribution in [2.24, 2.45) is 0 Å². The van der Waals surface area contributed by atoms with Gasteiger partial charge in [-0.3, -0.25) is 0 Å². The number of fused-ring (bicyclic) bond motifs is 1. The predicted octanol–water partition coefficient (Wildman–Crippen LogP) is 3.38. The van der Waals surface area contributed by atoms with Gasteiger partial charge in [0.05, 0.1) is 27.5 Å².